The highest BCUT2D eigenvalue weighted by Gasteiger charge is 2.16. The van der Waals surface area contributed by atoms with Gasteiger partial charge in [0.25, 0.3) is 5.91 Å². The number of hydrogen-bond acceptors (Lipinski definition) is 6. The van der Waals surface area contributed by atoms with Crippen molar-refractivity contribution in [2.75, 3.05) is 18.5 Å². The number of nitrogens with one attached hydrogen (secondary N) is 1. The minimum absolute atomic E-state index is 0.0739. The molecule has 0 saturated heterocycles. The van der Waals surface area contributed by atoms with Gasteiger partial charge in [-0.05, 0) is 86.4 Å². The summed E-state index contributed by atoms with van der Waals surface area (Å²) in [6, 6.07) is 26.5. The molecule has 44 heavy (non-hydrogen) atoms. The van der Waals surface area contributed by atoms with Crippen LogP contribution in [-0.4, -0.2) is 19.1 Å². The minimum atomic E-state index is -0.518. The number of hydrogen-bond donors (Lipinski definition) is 1. The van der Waals surface area contributed by atoms with Gasteiger partial charge >= 0.3 is 0 Å². The number of nitriles is 1. The number of carbonyl (C=O) groups is 1. The Balaban J connectivity index is 1.51. The number of carbonyl (C=O) groups excluding carboxylic acids is 1. The lowest BCUT2D eigenvalue weighted by molar-refractivity contribution is -0.112. The first-order valence-corrected chi connectivity index (χ1v) is 14.7. The number of benzene rings is 4. The third-order valence-corrected chi connectivity index (χ3v) is 6.85. The largest absolute Gasteiger partial charge is 0.490 e. The zero-order valence-corrected chi connectivity index (χ0v) is 26.0. The molecule has 0 fully saturated rings. The Hall–Kier alpha value is -4.93. The summed E-state index contributed by atoms with van der Waals surface area (Å²) < 4.78 is 23.8. The molecule has 0 saturated carbocycles. The third kappa shape index (κ3) is 8.56. The molecule has 4 aromatic rings. The number of amides is 1. The molecule has 4 aromatic carbocycles. The molecule has 1 amide bonds. The molecular weight excluding hydrogens is 576 g/mol. The Morgan fingerprint density at radius 3 is 2.25 bits per heavy atom. The lowest BCUT2D eigenvalue weighted by Crippen LogP contribution is -2.14. The normalized spacial score (nSPS) is 11.0. The average Bonchev–Trinajstić information content (AvgIpc) is 3.01. The monoisotopic (exact) mass is 610 g/mol. The van der Waals surface area contributed by atoms with E-state index in [1.54, 1.807) is 12.1 Å². The molecule has 0 aliphatic carbocycles. The summed E-state index contributed by atoms with van der Waals surface area (Å²) in [5.41, 5.74) is 4.98. The Bertz CT molecular complexity index is 1680. The van der Waals surface area contributed by atoms with E-state index >= 15 is 0 Å². The van der Waals surface area contributed by atoms with E-state index in [4.69, 9.17) is 30.5 Å². The van der Waals surface area contributed by atoms with Gasteiger partial charge < -0.3 is 24.3 Å². The van der Waals surface area contributed by atoms with Crippen molar-refractivity contribution in [3.63, 3.8) is 0 Å². The van der Waals surface area contributed by atoms with E-state index in [1.807, 2.05) is 100 Å². The van der Waals surface area contributed by atoms with Crippen molar-refractivity contribution in [2.45, 2.75) is 40.9 Å². The average molecular weight is 611 g/mol. The molecule has 1 N–H and O–H groups in total. The van der Waals surface area contributed by atoms with Crippen LogP contribution in [0.5, 0.6) is 23.0 Å². The van der Waals surface area contributed by atoms with E-state index in [2.05, 4.69) is 5.32 Å². The Kier molecular flexibility index (Phi) is 11.3. The van der Waals surface area contributed by atoms with Crippen molar-refractivity contribution in [1.82, 2.24) is 0 Å². The van der Waals surface area contributed by atoms with Crippen LogP contribution in [0.25, 0.3) is 6.08 Å². The van der Waals surface area contributed by atoms with E-state index in [0.717, 1.165) is 22.3 Å². The van der Waals surface area contributed by atoms with Crippen molar-refractivity contribution >= 4 is 29.3 Å². The summed E-state index contributed by atoms with van der Waals surface area (Å²) in [5, 5.41) is 12.8. The fourth-order valence-electron chi connectivity index (χ4n) is 4.45. The van der Waals surface area contributed by atoms with Crippen molar-refractivity contribution in [1.29, 1.82) is 5.26 Å². The summed E-state index contributed by atoms with van der Waals surface area (Å²) in [6.07, 6.45) is 1.47. The predicted octanol–water partition coefficient (Wildman–Crippen LogP) is 8.46. The van der Waals surface area contributed by atoms with Crippen LogP contribution < -0.4 is 24.3 Å². The number of rotatable bonds is 13. The van der Waals surface area contributed by atoms with Crippen molar-refractivity contribution in [3.8, 4) is 29.1 Å². The van der Waals surface area contributed by atoms with Crippen LogP contribution in [-0.2, 0) is 18.0 Å². The molecule has 0 aliphatic rings. The first kappa shape index (κ1) is 32.0. The zero-order chi connectivity index (χ0) is 31.5. The standard InChI is InChI=1S/C36H35ClN2O5/c1-5-41-33-19-27(13-15-32(33)43-22-26-10-8-7-9-11-26)23-44-35-30(37)18-28(20-34(35)42-6-2)17-29(21-38)36(40)39-31-14-12-24(3)16-25(31)4/h7-20H,5-6,22-23H2,1-4H3,(H,39,40)/b29-17+. The van der Waals surface area contributed by atoms with Crippen LogP contribution in [0.4, 0.5) is 5.69 Å². The van der Waals surface area contributed by atoms with Gasteiger partial charge in [-0.1, -0.05) is 65.7 Å². The van der Waals surface area contributed by atoms with Crippen LogP contribution in [0, 0.1) is 25.2 Å². The van der Waals surface area contributed by atoms with Gasteiger partial charge in [0.05, 0.1) is 18.2 Å². The maximum absolute atomic E-state index is 12.9. The lowest BCUT2D eigenvalue weighted by atomic mass is 10.1. The zero-order valence-electron chi connectivity index (χ0n) is 25.3. The molecule has 226 valence electrons. The third-order valence-electron chi connectivity index (χ3n) is 6.57. The van der Waals surface area contributed by atoms with Gasteiger partial charge in [-0.3, -0.25) is 4.79 Å². The molecule has 0 atom stereocenters. The van der Waals surface area contributed by atoms with Crippen LogP contribution in [0.3, 0.4) is 0 Å². The molecule has 7 nitrogen and oxygen atoms in total. The van der Waals surface area contributed by atoms with Gasteiger partial charge in [-0.25, -0.2) is 0 Å². The molecule has 4 rings (SSSR count). The quantitative estimate of drug-likeness (QED) is 0.121. The molecule has 0 aromatic heterocycles. The molecule has 0 radical (unpaired) electrons. The fraction of sp³-hybridized carbons (Fsp3) is 0.222. The number of aryl methyl sites for hydroxylation is 2. The van der Waals surface area contributed by atoms with Crippen LogP contribution in [0.15, 0.2) is 84.4 Å². The molecular formula is C36H35ClN2O5. The number of ether oxygens (including phenoxy) is 4. The number of halogens is 1. The van der Waals surface area contributed by atoms with E-state index < -0.39 is 5.91 Å². The van der Waals surface area contributed by atoms with E-state index in [9.17, 15) is 10.1 Å². The molecule has 0 aliphatic heterocycles. The summed E-state index contributed by atoms with van der Waals surface area (Å²) >= 11 is 6.65. The van der Waals surface area contributed by atoms with Crippen molar-refractivity contribution in [2.24, 2.45) is 0 Å². The maximum atomic E-state index is 12.9. The highest BCUT2D eigenvalue weighted by molar-refractivity contribution is 6.32. The Morgan fingerprint density at radius 2 is 1.55 bits per heavy atom. The van der Waals surface area contributed by atoms with Crippen molar-refractivity contribution in [3.05, 3.63) is 117 Å². The van der Waals surface area contributed by atoms with Gasteiger partial charge in [0, 0.05) is 5.69 Å². The highest BCUT2D eigenvalue weighted by atomic mass is 35.5. The van der Waals surface area contributed by atoms with Crippen molar-refractivity contribution < 1.29 is 23.7 Å². The first-order valence-electron chi connectivity index (χ1n) is 14.3. The highest BCUT2D eigenvalue weighted by Crippen LogP contribution is 2.38. The Labute approximate surface area is 263 Å². The summed E-state index contributed by atoms with van der Waals surface area (Å²) in [6.45, 7) is 9.09. The second-order valence-electron chi connectivity index (χ2n) is 9.98. The van der Waals surface area contributed by atoms with Gasteiger partial charge in [-0.15, -0.1) is 0 Å². The number of anilines is 1. The molecule has 0 bridgehead atoms. The summed E-state index contributed by atoms with van der Waals surface area (Å²) in [5.74, 6) is 1.48. The molecule has 0 spiro atoms. The van der Waals surface area contributed by atoms with Gasteiger partial charge in [-0.2, -0.15) is 5.26 Å². The van der Waals surface area contributed by atoms with Crippen LogP contribution >= 0.6 is 11.6 Å². The van der Waals surface area contributed by atoms with Gasteiger partial charge in [0.15, 0.2) is 23.0 Å². The van der Waals surface area contributed by atoms with Crippen LogP contribution in [0.1, 0.15) is 41.7 Å². The fourth-order valence-corrected chi connectivity index (χ4v) is 4.73. The van der Waals surface area contributed by atoms with Gasteiger partial charge in [0.2, 0.25) is 0 Å². The maximum Gasteiger partial charge on any atom is 0.266 e. The number of nitrogens with zero attached hydrogens (tertiary/aromatic N) is 1. The SMILES string of the molecule is CCOc1cc(COc2c(Cl)cc(/C=C(\C#N)C(=O)Nc3ccc(C)cc3C)cc2OCC)ccc1OCc1ccccc1. The smallest absolute Gasteiger partial charge is 0.266 e. The van der Waals surface area contributed by atoms with Gasteiger partial charge in [0.1, 0.15) is 24.9 Å². The molecule has 0 unspecified atom stereocenters. The molecule has 8 heteroatoms. The topological polar surface area (TPSA) is 89.8 Å². The summed E-state index contributed by atoms with van der Waals surface area (Å²) in [7, 11) is 0. The predicted molar refractivity (Wildman–Crippen MR) is 173 cm³/mol. The second-order valence-corrected chi connectivity index (χ2v) is 10.4. The van der Waals surface area contributed by atoms with E-state index in [-0.39, 0.29) is 17.2 Å². The molecule has 0 heterocycles. The second kappa shape index (κ2) is 15.5. The summed E-state index contributed by atoms with van der Waals surface area (Å²) in [4.78, 5) is 12.9. The Morgan fingerprint density at radius 1 is 0.818 bits per heavy atom. The van der Waals surface area contributed by atoms with E-state index in [0.29, 0.717) is 54.1 Å². The lowest BCUT2D eigenvalue weighted by Gasteiger charge is -2.16. The minimum Gasteiger partial charge on any atom is -0.490 e. The first-order chi connectivity index (χ1) is 21.3. The van der Waals surface area contributed by atoms with E-state index in [1.165, 1.54) is 6.08 Å². The van der Waals surface area contributed by atoms with Crippen LogP contribution in [0.2, 0.25) is 5.02 Å².